The molecule has 0 amide bonds. The number of aromatic hydroxyl groups is 1. The van der Waals surface area contributed by atoms with E-state index in [1.165, 1.54) is 37.7 Å². The predicted octanol–water partition coefficient (Wildman–Crippen LogP) is 6.60. The molecule has 2 aromatic carbocycles. The highest BCUT2D eigenvalue weighted by Crippen LogP contribution is 2.32. The summed E-state index contributed by atoms with van der Waals surface area (Å²) >= 11 is 0. The van der Waals surface area contributed by atoms with E-state index in [0.29, 0.717) is 11.7 Å². The molecular formula is C24H34O. The second kappa shape index (κ2) is 9.65. The van der Waals surface area contributed by atoms with Crippen LogP contribution in [0.15, 0.2) is 36.4 Å². The first kappa shape index (κ1) is 19.6. The van der Waals surface area contributed by atoms with Crippen molar-refractivity contribution >= 4 is 0 Å². The maximum atomic E-state index is 10.1. The SMILES string of the molecule is CCCc1ccc(C(C)Cc2ccccc2O)c(CCC)c1CCC. The van der Waals surface area contributed by atoms with E-state index in [-0.39, 0.29) is 0 Å². The molecule has 0 aliphatic carbocycles. The largest absolute Gasteiger partial charge is 0.508 e. The normalized spacial score (nSPS) is 12.3. The van der Waals surface area contributed by atoms with Crippen molar-refractivity contribution in [2.75, 3.05) is 0 Å². The van der Waals surface area contributed by atoms with Crippen LogP contribution in [0.1, 0.15) is 80.7 Å². The number of phenols is 1. The first-order valence-electron chi connectivity index (χ1n) is 10.0. The molecule has 0 saturated carbocycles. The van der Waals surface area contributed by atoms with E-state index >= 15 is 0 Å². The van der Waals surface area contributed by atoms with Gasteiger partial charge < -0.3 is 5.11 Å². The van der Waals surface area contributed by atoms with Crippen LogP contribution in [-0.2, 0) is 25.7 Å². The number of hydrogen-bond donors (Lipinski definition) is 1. The van der Waals surface area contributed by atoms with Crippen LogP contribution in [0.4, 0.5) is 0 Å². The Kier molecular flexibility index (Phi) is 7.55. The number of phenolic OH excluding ortho intramolecular Hbond substituents is 1. The third-order valence-corrected chi connectivity index (χ3v) is 5.13. The van der Waals surface area contributed by atoms with Crippen molar-refractivity contribution in [3.05, 3.63) is 64.2 Å². The summed E-state index contributed by atoms with van der Waals surface area (Å²) in [6.07, 6.45) is 8.00. The van der Waals surface area contributed by atoms with Crippen molar-refractivity contribution in [1.82, 2.24) is 0 Å². The minimum Gasteiger partial charge on any atom is -0.508 e. The second-order valence-electron chi connectivity index (χ2n) is 7.25. The Bertz CT molecular complexity index is 672. The molecule has 0 radical (unpaired) electrons. The molecule has 1 unspecified atom stereocenters. The van der Waals surface area contributed by atoms with Crippen molar-refractivity contribution < 1.29 is 5.11 Å². The van der Waals surface area contributed by atoms with Crippen LogP contribution in [0.25, 0.3) is 0 Å². The summed E-state index contributed by atoms with van der Waals surface area (Å²) in [6.45, 7) is 9.13. The van der Waals surface area contributed by atoms with Crippen LogP contribution in [0, 0.1) is 0 Å². The van der Waals surface area contributed by atoms with Gasteiger partial charge in [-0.25, -0.2) is 0 Å². The maximum absolute atomic E-state index is 10.1. The molecule has 0 aromatic heterocycles. The smallest absolute Gasteiger partial charge is 0.118 e. The molecule has 2 rings (SSSR count). The molecule has 0 spiro atoms. The quantitative estimate of drug-likeness (QED) is 0.546. The molecule has 0 aliphatic rings. The van der Waals surface area contributed by atoms with E-state index in [1.807, 2.05) is 18.2 Å². The predicted molar refractivity (Wildman–Crippen MR) is 109 cm³/mol. The molecule has 136 valence electrons. The fourth-order valence-electron chi connectivity index (χ4n) is 3.95. The zero-order valence-corrected chi connectivity index (χ0v) is 16.4. The molecule has 0 heterocycles. The number of rotatable bonds is 9. The van der Waals surface area contributed by atoms with Gasteiger partial charge in [0.15, 0.2) is 0 Å². The molecule has 25 heavy (non-hydrogen) atoms. The lowest BCUT2D eigenvalue weighted by molar-refractivity contribution is 0.465. The van der Waals surface area contributed by atoms with E-state index in [0.717, 1.165) is 18.4 Å². The number of hydrogen-bond acceptors (Lipinski definition) is 1. The molecule has 0 aliphatic heterocycles. The van der Waals surface area contributed by atoms with Gasteiger partial charge in [0, 0.05) is 0 Å². The van der Waals surface area contributed by atoms with Gasteiger partial charge in [0.05, 0.1) is 0 Å². The van der Waals surface area contributed by atoms with Crippen LogP contribution < -0.4 is 0 Å². The molecule has 2 aromatic rings. The third-order valence-electron chi connectivity index (χ3n) is 5.13. The summed E-state index contributed by atoms with van der Waals surface area (Å²) in [5.41, 5.74) is 7.26. The topological polar surface area (TPSA) is 20.2 Å². The van der Waals surface area contributed by atoms with Gasteiger partial charge in [-0.15, -0.1) is 0 Å². The van der Waals surface area contributed by atoms with Crippen LogP contribution in [0.3, 0.4) is 0 Å². The molecule has 0 fully saturated rings. The van der Waals surface area contributed by atoms with Gasteiger partial charge in [0.25, 0.3) is 0 Å². The van der Waals surface area contributed by atoms with Gasteiger partial charge in [-0.3, -0.25) is 0 Å². The van der Waals surface area contributed by atoms with E-state index in [9.17, 15) is 5.11 Å². The Morgan fingerprint density at radius 3 is 2.04 bits per heavy atom. The van der Waals surface area contributed by atoms with Gasteiger partial charge in [-0.1, -0.05) is 77.3 Å². The fourth-order valence-corrected chi connectivity index (χ4v) is 3.95. The zero-order chi connectivity index (χ0) is 18.2. The first-order chi connectivity index (χ1) is 12.1. The van der Waals surface area contributed by atoms with Crippen molar-refractivity contribution in [2.45, 2.75) is 78.6 Å². The van der Waals surface area contributed by atoms with E-state index in [2.05, 4.69) is 39.8 Å². The third kappa shape index (κ3) is 4.87. The van der Waals surface area contributed by atoms with Gasteiger partial charge >= 0.3 is 0 Å². The summed E-state index contributed by atoms with van der Waals surface area (Å²) in [5.74, 6) is 0.837. The van der Waals surface area contributed by atoms with Crippen molar-refractivity contribution in [1.29, 1.82) is 0 Å². The monoisotopic (exact) mass is 338 g/mol. The summed E-state index contributed by atoms with van der Waals surface area (Å²) in [5, 5.41) is 10.1. The number of benzene rings is 2. The van der Waals surface area contributed by atoms with E-state index in [4.69, 9.17) is 0 Å². The Balaban J connectivity index is 2.41. The maximum Gasteiger partial charge on any atom is 0.118 e. The molecule has 1 atom stereocenters. The standard InChI is InChI=1S/C24H34O/c1-5-10-19-15-16-21(23(12-7-3)22(19)11-6-2)18(4)17-20-13-8-9-14-24(20)25/h8-9,13-16,18,25H,5-7,10-12,17H2,1-4H3. The van der Waals surface area contributed by atoms with Gasteiger partial charge in [0.2, 0.25) is 0 Å². The molecule has 0 saturated heterocycles. The molecule has 1 nitrogen and oxygen atoms in total. The summed E-state index contributed by atoms with van der Waals surface area (Å²) in [7, 11) is 0. The van der Waals surface area contributed by atoms with Crippen molar-refractivity contribution in [2.24, 2.45) is 0 Å². The Morgan fingerprint density at radius 2 is 1.40 bits per heavy atom. The minimum atomic E-state index is 0.418. The number of para-hydroxylation sites is 1. The average molecular weight is 339 g/mol. The van der Waals surface area contributed by atoms with E-state index < -0.39 is 0 Å². The van der Waals surface area contributed by atoms with Crippen LogP contribution in [0.5, 0.6) is 5.75 Å². The Morgan fingerprint density at radius 1 is 0.760 bits per heavy atom. The van der Waals surface area contributed by atoms with Crippen LogP contribution >= 0.6 is 0 Å². The van der Waals surface area contributed by atoms with Gasteiger partial charge in [0.1, 0.15) is 5.75 Å². The highest BCUT2D eigenvalue weighted by molar-refractivity contribution is 5.44. The highest BCUT2D eigenvalue weighted by atomic mass is 16.3. The lowest BCUT2D eigenvalue weighted by atomic mass is 9.82. The molecule has 1 heteroatoms. The molecule has 0 bridgehead atoms. The fraction of sp³-hybridized carbons (Fsp3) is 0.500. The van der Waals surface area contributed by atoms with Crippen molar-refractivity contribution in [3.63, 3.8) is 0 Å². The summed E-state index contributed by atoms with van der Waals surface area (Å²) in [6, 6.07) is 12.5. The second-order valence-corrected chi connectivity index (χ2v) is 7.25. The number of aryl methyl sites for hydroxylation is 1. The summed E-state index contributed by atoms with van der Waals surface area (Å²) in [4.78, 5) is 0. The summed E-state index contributed by atoms with van der Waals surface area (Å²) < 4.78 is 0. The molecule has 1 N–H and O–H groups in total. The lowest BCUT2D eigenvalue weighted by Gasteiger charge is -2.23. The average Bonchev–Trinajstić information content (AvgIpc) is 2.60. The van der Waals surface area contributed by atoms with Gasteiger partial charge in [-0.2, -0.15) is 0 Å². The Labute approximate surface area is 154 Å². The van der Waals surface area contributed by atoms with Crippen LogP contribution in [-0.4, -0.2) is 5.11 Å². The van der Waals surface area contributed by atoms with Gasteiger partial charge in [-0.05, 0) is 65.5 Å². The minimum absolute atomic E-state index is 0.418. The van der Waals surface area contributed by atoms with Crippen molar-refractivity contribution in [3.8, 4) is 5.75 Å². The Hall–Kier alpha value is -1.76. The molecular weight excluding hydrogens is 304 g/mol. The lowest BCUT2D eigenvalue weighted by Crippen LogP contribution is -2.09. The van der Waals surface area contributed by atoms with E-state index in [1.54, 1.807) is 22.8 Å². The zero-order valence-electron chi connectivity index (χ0n) is 16.4. The van der Waals surface area contributed by atoms with Crippen LogP contribution in [0.2, 0.25) is 0 Å². The highest BCUT2D eigenvalue weighted by Gasteiger charge is 2.17. The first-order valence-corrected chi connectivity index (χ1v) is 10.0.